The van der Waals surface area contributed by atoms with Crippen LogP contribution in [-0.2, 0) is 10.1 Å². The average molecular weight is 150 g/mol. The molecule has 9 heavy (non-hydrogen) atoms. The third kappa shape index (κ3) is 7.22. The van der Waals surface area contributed by atoms with Crippen LogP contribution >= 0.6 is 0 Å². The average Bonchev–Trinajstić information content (AvgIpc) is 1.63. The van der Waals surface area contributed by atoms with E-state index in [4.69, 9.17) is 5.53 Å². The van der Waals surface area contributed by atoms with E-state index in [1.165, 1.54) is 0 Å². The maximum Gasteiger partial charge on any atom is 0.0947 e. The summed E-state index contributed by atoms with van der Waals surface area (Å²) in [6.45, 7) is -0.289. The van der Waals surface area contributed by atoms with Crippen LogP contribution in [0.4, 0.5) is 0 Å². The van der Waals surface area contributed by atoms with Crippen molar-refractivity contribution in [1.29, 1.82) is 0 Å². The number of hydrogen-bond donors (Lipinski definition) is 0. The Bertz CT molecular complexity index is 213. The van der Waals surface area contributed by atoms with Gasteiger partial charge < -0.3 is 4.55 Å². The molecule has 0 aliphatic heterocycles. The SMILES string of the molecule is [N-]=[N+]=NCCS(=O)(=O)[O-]. The minimum absolute atomic E-state index is 0.289. The summed E-state index contributed by atoms with van der Waals surface area (Å²) in [5, 5.41) is 2.86. The second-order valence-corrected chi connectivity index (χ2v) is 2.74. The molecule has 0 aromatic carbocycles. The van der Waals surface area contributed by atoms with Gasteiger partial charge in [0.15, 0.2) is 0 Å². The molecule has 0 unspecified atom stereocenters. The van der Waals surface area contributed by atoms with E-state index < -0.39 is 15.9 Å². The van der Waals surface area contributed by atoms with E-state index in [1.807, 2.05) is 0 Å². The zero-order valence-electron chi connectivity index (χ0n) is 4.39. The predicted molar refractivity (Wildman–Crippen MR) is 28.6 cm³/mol. The Balaban J connectivity index is 3.66. The summed E-state index contributed by atoms with van der Waals surface area (Å²) >= 11 is 0. The Morgan fingerprint density at radius 1 is 1.67 bits per heavy atom. The molecule has 0 saturated heterocycles. The van der Waals surface area contributed by atoms with Gasteiger partial charge in [-0.05, 0) is 5.53 Å². The van der Waals surface area contributed by atoms with Crippen molar-refractivity contribution in [2.45, 2.75) is 0 Å². The molecule has 0 rings (SSSR count). The zero-order chi connectivity index (χ0) is 7.33. The molecule has 0 aliphatic carbocycles. The highest BCUT2D eigenvalue weighted by Crippen LogP contribution is 1.81. The normalized spacial score (nSPS) is 10.3. The molecule has 0 bridgehead atoms. The summed E-state index contributed by atoms with van der Waals surface area (Å²) in [6, 6.07) is 0. The highest BCUT2D eigenvalue weighted by atomic mass is 32.2. The Morgan fingerprint density at radius 2 is 2.22 bits per heavy atom. The van der Waals surface area contributed by atoms with Crippen molar-refractivity contribution in [3.8, 4) is 0 Å². The molecule has 0 N–H and O–H groups in total. The fourth-order valence-electron chi connectivity index (χ4n) is 0.197. The number of rotatable bonds is 3. The smallest absolute Gasteiger partial charge is 0.0947 e. The molecule has 0 radical (unpaired) electrons. The maximum absolute atomic E-state index is 9.77. The summed E-state index contributed by atoms with van der Waals surface area (Å²) in [4.78, 5) is 2.26. The Morgan fingerprint density at radius 3 is 2.56 bits per heavy atom. The van der Waals surface area contributed by atoms with Crippen LogP contribution in [0.5, 0.6) is 0 Å². The van der Waals surface area contributed by atoms with Crippen LogP contribution in [0, 0.1) is 0 Å². The van der Waals surface area contributed by atoms with E-state index in [2.05, 4.69) is 10.0 Å². The predicted octanol–water partition coefficient (Wildman–Crippen LogP) is -0.158. The quantitative estimate of drug-likeness (QED) is 0.241. The van der Waals surface area contributed by atoms with E-state index in [0.29, 0.717) is 0 Å². The van der Waals surface area contributed by atoms with Crippen LogP contribution < -0.4 is 0 Å². The van der Waals surface area contributed by atoms with Gasteiger partial charge in [-0.1, -0.05) is 5.11 Å². The summed E-state index contributed by atoms with van der Waals surface area (Å²) in [7, 11) is -4.21. The third-order valence-corrected chi connectivity index (χ3v) is 1.19. The summed E-state index contributed by atoms with van der Waals surface area (Å²) in [5.41, 5.74) is 7.62. The van der Waals surface area contributed by atoms with Crippen LogP contribution in [0.25, 0.3) is 10.4 Å². The first-order valence-corrected chi connectivity index (χ1v) is 3.58. The summed E-state index contributed by atoms with van der Waals surface area (Å²) in [6.07, 6.45) is 0. The van der Waals surface area contributed by atoms with E-state index in [1.54, 1.807) is 0 Å². The van der Waals surface area contributed by atoms with Gasteiger partial charge in [0.1, 0.15) is 0 Å². The van der Waals surface area contributed by atoms with Crippen molar-refractivity contribution in [1.82, 2.24) is 0 Å². The number of nitrogens with zero attached hydrogens (tertiary/aromatic N) is 3. The van der Waals surface area contributed by atoms with Crippen molar-refractivity contribution < 1.29 is 13.0 Å². The first kappa shape index (κ1) is 8.22. The van der Waals surface area contributed by atoms with Gasteiger partial charge >= 0.3 is 0 Å². The van der Waals surface area contributed by atoms with Gasteiger partial charge in [-0.3, -0.25) is 0 Å². The van der Waals surface area contributed by atoms with Gasteiger partial charge in [0.05, 0.1) is 10.1 Å². The van der Waals surface area contributed by atoms with Gasteiger partial charge in [0.2, 0.25) is 0 Å². The van der Waals surface area contributed by atoms with Crippen LogP contribution in [0.3, 0.4) is 0 Å². The topological polar surface area (TPSA) is 106 Å². The second kappa shape index (κ2) is 3.29. The Labute approximate surface area is 51.9 Å². The van der Waals surface area contributed by atoms with Gasteiger partial charge in [-0.2, -0.15) is 0 Å². The van der Waals surface area contributed by atoms with Crippen molar-refractivity contribution in [3.05, 3.63) is 10.4 Å². The van der Waals surface area contributed by atoms with Crippen molar-refractivity contribution in [2.24, 2.45) is 5.11 Å². The third-order valence-electron chi connectivity index (χ3n) is 0.505. The minimum atomic E-state index is -4.21. The lowest BCUT2D eigenvalue weighted by Crippen LogP contribution is -2.06. The van der Waals surface area contributed by atoms with Crippen molar-refractivity contribution in [2.75, 3.05) is 12.3 Å². The highest BCUT2D eigenvalue weighted by molar-refractivity contribution is 7.85. The Hall–Kier alpha value is -0.780. The van der Waals surface area contributed by atoms with Crippen molar-refractivity contribution in [3.63, 3.8) is 0 Å². The van der Waals surface area contributed by atoms with Gasteiger partial charge in [0, 0.05) is 17.2 Å². The summed E-state index contributed by atoms with van der Waals surface area (Å²) < 4.78 is 29.3. The zero-order valence-corrected chi connectivity index (χ0v) is 5.21. The lowest BCUT2D eigenvalue weighted by atomic mass is 10.8. The molecule has 0 aliphatic rings. The molecule has 6 nitrogen and oxygen atoms in total. The molecular weight excluding hydrogens is 146 g/mol. The molecule has 0 atom stereocenters. The molecule has 0 spiro atoms. The second-order valence-electron chi connectivity index (χ2n) is 1.22. The monoisotopic (exact) mass is 150 g/mol. The van der Waals surface area contributed by atoms with Crippen LogP contribution in [0.15, 0.2) is 5.11 Å². The Kier molecular flexibility index (Phi) is 3.00. The van der Waals surface area contributed by atoms with Gasteiger partial charge in [0.25, 0.3) is 0 Å². The first-order valence-electron chi connectivity index (χ1n) is 2.00. The standard InChI is InChI=1S/C2H5N3O3S/c3-5-4-1-2-9(6,7)8/h1-2H2,(H,6,7,8)/p-1. The first-order chi connectivity index (χ1) is 4.06. The van der Waals surface area contributed by atoms with Gasteiger partial charge in [-0.15, -0.1) is 0 Å². The van der Waals surface area contributed by atoms with Crippen LogP contribution in [0.1, 0.15) is 0 Å². The summed E-state index contributed by atoms with van der Waals surface area (Å²) in [5.74, 6) is -0.628. The number of hydrogen-bond acceptors (Lipinski definition) is 4. The van der Waals surface area contributed by atoms with Crippen LogP contribution in [0.2, 0.25) is 0 Å². The van der Waals surface area contributed by atoms with Crippen LogP contribution in [-0.4, -0.2) is 25.3 Å². The van der Waals surface area contributed by atoms with E-state index in [0.717, 1.165) is 0 Å². The van der Waals surface area contributed by atoms with Crippen molar-refractivity contribution >= 4 is 10.1 Å². The lowest BCUT2D eigenvalue weighted by molar-refractivity contribution is 0.463. The maximum atomic E-state index is 9.77. The highest BCUT2D eigenvalue weighted by Gasteiger charge is 1.90. The molecule has 52 valence electrons. The minimum Gasteiger partial charge on any atom is -0.748 e. The molecule has 0 saturated carbocycles. The fraction of sp³-hybridized carbons (Fsp3) is 1.00. The number of azide groups is 1. The van der Waals surface area contributed by atoms with Gasteiger partial charge in [-0.25, -0.2) is 8.42 Å². The molecule has 0 fully saturated rings. The van der Waals surface area contributed by atoms with E-state index in [-0.39, 0.29) is 6.54 Å². The molecule has 7 heteroatoms. The largest absolute Gasteiger partial charge is 0.748 e. The molecular formula is C2H4N3O3S-. The van der Waals surface area contributed by atoms with E-state index in [9.17, 15) is 13.0 Å². The molecule has 0 aromatic heterocycles. The molecule has 0 heterocycles. The van der Waals surface area contributed by atoms with E-state index >= 15 is 0 Å². The molecule has 0 amide bonds. The molecule has 0 aromatic rings. The fourth-order valence-corrected chi connectivity index (χ4v) is 0.503. The lowest BCUT2D eigenvalue weighted by Gasteiger charge is -2.01.